The summed E-state index contributed by atoms with van der Waals surface area (Å²) in [6, 6.07) is 3.03. The average molecular weight is 328 g/mol. The predicted octanol–water partition coefficient (Wildman–Crippen LogP) is 4.06. The van der Waals surface area contributed by atoms with Crippen molar-refractivity contribution < 1.29 is 18.3 Å². The van der Waals surface area contributed by atoms with Crippen LogP contribution in [0.15, 0.2) is 11.1 Å². The monoisotopic (exact) mass is 328 g/mol. The third-order valence-corrected chi connectivity index (χ3v) is 3.95. The van der Waals surface area contributed by atoms with E-state index < -0.39 is 17.6 Å². The number of halogens is 2. The average Bonchev–Trinajstić information content (AvgIpc) is 2.46. The Bertz CT molecular complexity index is 586. The number of hydrogen-bond acceptors (Lipinski definition) is 5. The third kappa shape index (κ3) is 4.41. The van der Waals surface area contributed by atoms with Crippen LogP contribution in [0.3, 0.4) is 0 Å². The third-order valence-electron chi connectivity index (χ3n) is 2.88. The van der Waals surface area contributed by atoms with Crippen LogP contribution in [0.1, 0.15) is 56.9 Å². The van der Waals surface area contributed by atoms with Gasteiger partial charge in [0.15, 0.2) is 0 Å². The first-order valence-corrected chi connectivity index (χ1v) is 7.76. The Labute approximate surface area is 132 Å². The molecule has 0 saturated heterocycles. The maximum atomic E-state index is 13.2. The highest BCUT2D eigenvalue weighted by atomic mass is 32.2. The molecule has 1 aromatic heterocycles. The van der Waals surface area contributed by atoms with Crippen molar-refractivity contribution in [3.8, 4) is 6.07 Å². The van der Waals surface area contributed by atoms with E-state index in [2.05, 4.69) is 4.98 Å². The second-order valence-corrected chi connectivity index (χ2v) is 6.23. The van der Waals surface area contributed by atoms with Gasteiger partial charge in [0.1, 0.15) is 16.3 Å². The number of nitriles is 1. The van der Waals surface area contributed by atoms with Crippen LogP contribution in [-0.4, -0.2) is 22.8 Å². The molecule has 0 aliphatic carbocycles. The molecule has 1 atom stereocenters. The summed E-state index contributed by atoms with van der Waals surface area (Å²) in [7, 11) is 0. The number of rotatable bonds is 6. The van der Waals surface area contributed by atoms with E-state index in [1.54, 1.807) is 19.9 Å². The molecule has 0 N–H and O–H groups in total. The fourth-order valence-electron chi connectivity index (χ4n) is 1.70. The Hall–Kier alpha value is -1.68. The van der Waals surface area contributed by atoms with E-state index in [1.165, 1.54) is 6.07 Å². The molecule has 120 valence electrons. The maximum absolute atomic E-state index is 13.2. The molecule has 4 nitrogen and oxygen atoms in total. The van der Waals surface area contributed by atoms with Crippen molar-refractivity contribution >= 4 is 17.7 Å². The number of nitrogens with zero attached hydrogens (tertiary/aromatic N) is 2. The normalized spacial score (nSPS) is 12.3. The van der Waals surface area contributed by atoms with Gasteiger partial charge in [-0.1, -0.05) is 25.6 Å². The molecule has 0 aromatic carbocycles. The van der Waals surface area contributed by atoms with E-state index in [1.807, 2.05) is 13.8 Å². The van der Waals surface area contributed by atoms with Crippen LogP contribution in [0.5, 0.6) is 0 Å². The number of carbonyl (C=O) groups is 1. The Morgan fingerprint density at radius 3 is 2.55 bits per heavy atom. The van der Waals surface area contributed by atoms with Crippen LogP contribution in [0.2, 0.25) is 0 Å². The van der Waals surface area contributed by atoms with Crippen molar-refractivity contribution in [3.05, 3.63) is 22.9 Å². The first kappa shape index (κ1) is 18.4. The summed E-state index contributed by atoms with van der Waals surface area (Å²) in [4.78, 5) is 16.0. The lowest BCUT2D eigenvalue weighted by Gasteiger charge is -2.15. The molecule has 22 heavy (non-hydrogen) atoms. The topological polar surface area (TPSA) is 63.0 Å². The molecule has 0 radical (unpaired) electrons. The van der Waals surface area contributed by atoms with E-state index in [0.29, 0.717) is 5.69 Å². The fourth-order valence-corrected chi connectivity index (χ4v) is 2.64. The lowest BCUT2D eigenvalue weighted by Crippen LogP contribution is -2.17. The zero-order valence-electron chi connectivity index (χ0n) is 12.9. The molecule has 0 aliphatic heterocycles. The van der Waals surface area contributed by atoms with Gasteiger partial charge in [-0.15, -0.1) is 0 Å². The van der Waals surface area contributed by atoms with Crippen molar-refractivity contribution in [1.29, 1.82) is 5.26 Å². The molecule has 7 heteroatoms. The molecular formula is C15H18F2N2O2S. The lowest BCUT2D eigenvalue weighted by atomic mass is 10.0. The van der Waals surface area contributed by atoms with Gasteiger partial charge in [0.2, 0.25) is 0 Å². The first-order valence-electron chi connectivity index (χ1n) is 6.88. The molecule has 1 unspecified atom stereocenters. The zero-order chi connectivity index (χ0) is 16.9. The Morgan fingerprint density at radius 1 is 1.45 bits per heavy atom. The zero-order valence-corrected chi connectivity index (χ0v) is 13.7. The maximum Gasteiger partial charge on any atom is 0.319 e. The van der Waals surface area contributed by atoms with Gasteiger partial charge in [-0.2, -0.15) is 5.26 Å². The van der Waals surface area contributed by atoms with Crippen LogP contribution >= 0.6 is 11.8 Å². The second-order valence-electron chi connectivity index (χ2n) is 4.90. The minimum absolute atomic E-state index is 0.0671. The summed E-state index contributed by atoms with van der Waals surface area (Å²) in [5.74, 6) is -0.533. The van der Waals surface area contributed by atoms with Crippen molar-refractivity contribution in [1.82, 2.24) is 4.98 Å². The van der Waals surface area contributed by atoms with E-state index >= 15 is 0 Å². The van der Waals surface area contributed by atoms with Crippen molar-refractivity contribution in [2.24, 2.45) is 0 Å². The molecular weight excluding hydrogens is 310 g/mol. The number of esters is 1. The van der Waals surface area contributed by atoms with Gasteiger partial charge in [0.05, 0.1) is 12.2 Å². The molecule has 0 saturated carbocycles. The van der Waals surface area contributed by atoms with Gasteiger partial charge >= 0.3 is 5.97 Å². The molecule has 1 aromatic rings. The van der Waals surface area contributed by atoms with Gasteiger partial charge < -0.3 is 4.74 Å². The minimum Gasteiger partial charge on any atom is -0.465 e. The Kier molecular flexibility index (Phi) is 6.75. The van der Waals surface area contributed by atoms with Crippen molar-refractivity contribution in [3.63, 3.8) is 0 Å². The van der Waals surface area contributed by atoms with Gasteiger partial charge in [-0.25, -0.2) is 13.8 Å². The minimum atomic E-state index is -2.77. The van der Waals surface area contributed by atoms with Gasteiger partial charge in [-0.05, 0) is 25.8 Å². The Balaban J connectivity index is 3.27. The van der Waals surface area contributed by atoms with Crippen molar-refractivity contribution in [2.45, 2.75) is 50.3 Å². The standard InChI is InChI=1S/C15H18F2N2O2S/c1-5-21-15(20)9(4)22-14-11(7-18)10(13(16)17)6-12(19-14)8(2)3/h6,8-9,13H,5H2,1-4H3. The second kappa shape index (κ2) is 8.08. The summed E-state index contributed by atoms with van der Waals surface area (Å²) < 4.78 is 31.2. The summed E-state index contributed by atoms with van der Waals surface area (Å²) in [6.45, 7) is 7.16. The summed E-state index contributed by atoms with van der Waals surface area (Å²) in [6.07, 6.45) is -2.77. The fraction of sp³-hybridized carbons (Fsp3) is 0.533. The first-order chi connectivity index (χ1) is 10.3. The van der Waals surface area contributed by atoms with Gasteiger partial charge in [0, 0.05) is 11.3 Å². The number of aromatic nitrogens is 1. The van der Waals surface area contributed by atoms with E-state index in [-0.39, 0.29) is 28.7 Å². The number of ether oxygens (including phenoxy) is 1. The number of hydrogen-bond donors (Lipinski definition) is 0. The van der Waals surface area contributed by atoms with Crippen LogP contribution in [0.25, 0.3) is 0 Å². The van der Waals surface area contributed by atoms with E-state index in [0.717, 1.165) is 11.8 Å². The van der Waals surface area contributed by atoms with Crippen LogP contribution < -0.4 is 0 Å². The highest BCUT2D eigenvalue weighted by Gasteiger charge is 2.24. The lowest BCUT2D eigenvalue weighted by molar-refractivity contribution is -0.142. The van der Waals surface area contributed by atoms with Gasteiger partial charge in [0.25, 0.3) is 6.43 Å². The molecule has 0 amide bonds. The van der Waals surface area contributed by atoms with Crippen LogP contribution in [0.4, 0.5) is 8.78 Å². The number of thioether (sulfide) groups is 1. The molecule has 1 heterocycles. The Morgan fingerprint density at radius 2 is 2.09 bits per heavy atom. The summed E-state index contributed by atoms with van der Waals surface area (Å²) in [5.41, 5.74) is -0.0619. The summed E-state index contributed by atoms with van der Waals surface area (Å²) >= 11 is 0.964. The predicted molar refractivity (Wildman–Crippen MR) is 80.0 cm³/mol. The smallest absolute Gasteiger partial charge is 0.319 e. The molecule has 0 aliphatic rings. The quantitative estimate of drug-likeness (QED) is 0.582. The highest BCUT2D eigenvalue weighted by Crippen LogP contribution is 2.34. The van der Waals surface area contributed by atoms with Crippen LogP contribution in [0, 0.1) is 11.3 Å². The number of carbonyl (C=O) groups excluding carboxylic acids is 1. The van der Waals surface area contributed by atoms with E-state index in [4.69, 9.17) is 4.74 Å². The molecule has 0 spiro atoms. The SMILES string of the molecule is CCOC(=O)C(C)Sc1nc(C(C)C)cc(C(F)F)c1C#N. The van der Waals surface area contributed by atoms with E-state index in [9.17, 15) is 18.8 Å². The number of alkyl halides is 2. The largest absolute Gasteiger partial charge is 0.465 e. The van der Waals surface area contributed by atoms with Crippen LogP contribution in [-0.2, 0) is 9.53 Å². The number of pyridine rings is 1. The molecule has 0 fully saturated rings. The molecule has 1 rings (SSSR count). The van der Waals surface area contributed by atoms with Gasteiger partial charge in [-0.3, -0.25) is 4.79 Å². The van der Waals surface area contributed by atoms with Crippen molar-refractivity contribution in [2.75, 3.05) is 6.61 Å². The molecule has 0 bridgehead atoms. The highest BCUT2D eigenvalue weighted by molar-refractivity contribution is 8.00. The summed E-state index contributed by atoms with van der Waals surface area (Å²) in [5, 5.41) is 8.69.